The maximum atomic E-state index is 11.1. The van der Waals surface area contributed by atoms with Crippen LogP contribution in [0, 0.1) is 5.92 Å². The Morgan fingerprint density at radius 3 is 2.54 bits per heavy atom. The number of carbonyl (C=O) groups excluding carboxylic acids is 1. The molecule has 1 aliphatic carbocycles. The first-order valence-electron chi connectivity index (χ1n) is 8.76. The van der Waals surface area contributed by atoms with Crippen molar-refractivity contribution in [1.29, 1.82) is 0 Å². The highest BCUT2D eigenvalue weighted by Crippen LogP contribution is 2.53. The van der Waals surface area contributed by atoms with Crippen molar-refractivity contribution in [2.45, 2.75) is 55.5 Å². The number of hydrogen-bond donors (Lipinski definition) is 6. The third-order valence-electron chi connectivity index (χ3n) is 5.82. The molecule has 2 aliphatic heterocycles. The van der Waals surface area contributed by atoms with Gasteiger partial charge in [0.1, 0.15) is 24.2 Å². The van der Waals surface area contributed by atoms with Gasteiger partial charge in [0.15, 0.2) is 17.7 Å². The molecule has 146 valence electrons. The van der Waals surface area contributed by atoms with Gasteiger partial charge in [-0.25, -0.2) is 14.8 Å². The molecule has 3 atom stereocenters. The van der Waals surface area contributed by atoms with Gasteiger partial charge in [-0.05, 0) is 18.8 Å². The molecule has 1 amide bonds. The van der Waals surface area contributed by atoms with E-state index in [1.54, 1.807) is 4.90 Å². The summed E-state index contributed by atoms with van der Waals surface area (Å²) in [6.45, 7) is 0.106. The van der Waals surface area contributed by atoms with Gasteiger partial charge >= 0.3 is 6.09 Å². The molecular formula is C15H27N7O4. The van der Waals surface area contributed by atoms with Crippen molar-refractivity contribution in [3.63, 3.8) is 0 Å². The zero-order valence-corrected chi connectivity index (χ0v) is 14.5. The fourth-order valence-electron chi connectivity index (χ4n) is 4.97. The third-order valence-corrected chi connectivity index (χ3v) is 5.82. The highest BCUT2D eigenvalue weighted by Gasteiger charge is 2.69. The number of fused-ring (bicyclic) bond motifs is 1. The smallest absolute Gasteiger partial charge is 0.404 e. The van der Waals surface area contributed by atoms with Gasteiger partial charge in [-0.1, -0.05) is 12.8 Å². The number of nitrogens with two attached hydrogens (primary N) is 4. The van der Waals surface area contributed by atoms with Crippen LogP contribution in [0.2, 0.25) is 0 Å². The van der Waals surface area contributed by atoms with Crippen molar-refractivity contribution >= 4 is 18.0 Å². The fourth-order valence-corrected chi connectivity index (χ4v) is 4.97. The van der Waals surface area contributed by atoms with E-state index < -0.39 is 29.5 Å². The molecule has 0 aromatic carbocycles. The predicted octanol–water partition coefficient (Wildman–Crippen LogP) is -2.26. The van der Waals surface area contributed by atoms with E-state index in [1.807, 2.05) is 0 Å². The van der Waals surface area contributed by atoms with Gasteiger partial charge in [-0.15, -0.1) is 0 Å². The summed E-state index contributed by atoms with van der Waals surface area (Å²) in [6, 6.07) is -1.63. The van der Waals surface area contributed by atoms with Crippen LogP contribution in [0.25, 0.3) is 0 Å². The molecule has 10 N–H and O–H groups in total. The Morgan fingerprint density at radius 1 is 1.31 bits per heavy atom. The number of aliphatic imine (C=N–C) groups is 2. The highest BCUT2D eigenvalue weighted by molar-refractivity contribution is 5.82. The van der Waals surface area contributed by atoms with E-state index in [4.69, 9.17) is 27.7 Å². The average Bonchev–Trinajstić information content (AvgIpc) is 3.15. The lowest BCUT2D eigenvalue weighted by atomic mass is 9.68. The topological polar surface area (TPSA) is 199 Å². The highest BCUT2D eigenvalue weighted by atomic mass is 16.5. The minimum atomic E-state index is -2.07. The monoisotopic (exact) mass is 369 g/mol. The minimum Gasteiger partial charge on any atom is -0.447 e. The summed E-state index contributed by atoms with van der Waals surface area (Å²) in [5, 5.41) is 22.0. The fraction of sp³-hybridized carbons (Fsp3) is 0.800. The molecule has 0 aromatic heterocycles. The van der Waals surface area contributed by atoms with Crippen LogP contribution in [-0.4, -0.2) is 69.7 Å². The van der Waals surface area contributed by atoms with E-state index in [0.29, 0.717) is 6.54 Å². The third kappa shape index (κ3) is 2.71. The van der Waals surface area contributed by atoms with Crippen molar-refractivity contribution in [3.05, 3.63) is 0 Å². The molecule has 2 heterocycles. The average molecular weight is 369 g/mol. The van der Waals surface area contributed by atoms with Crippen molar-refractivity contribution in [3.8, 4) is 0 Å². The molecule has 0 radical (unpaired) electrons. The zero-order chi connectivity index (χ0) is 19.1. The standard InChI is InChI=1S/C15H27N7O4/c16-11(17)21-10-9(7-26-13(19)23)20-12(18)22-6-5-14(24,25)15(10,22)8-3-1-2-4-8/h8-10,24-25H,1-7H2,(H2,18,20)(H2,19,23)(H4,16,17,21)/t9-,10-,15-/m0/s1. The molecule has 0 spiro atoms. The van der Waals surface area contributed by atoms with Gasteiger partial charge in [0, 0.05) is 13.0 Å². The summed E-state index contributed by atoms with van der Waals surface area (Å²) >= 11 is 0. The molecule has 1 saturated heterocycles. The van der Waals surface area contributed by atoms with Crippen molar-refractivity contribution in [2.75, 3.05) is 13.2 Å². The summed E-state index contributed by atoms with van der Waals surface area (Å²) in [5.74, 6) is -2.23. The first-order chi connectivity index (χ1) is 12.2. The van der Waals surface area contributed by atoms with E-state index in [9.17, 15) is 15.0 Å². The van der Waals surface area contributed by atoms with Crippen molar-refractivity contribution < 1.29 is 19.7 Å². The number of hydrogen-bond acceptors (Lipinski definition) is 8. The van der Waals surface area contributed by atoms with Crippen LogP contribution in [0.3, 0.4) is 0 Å². The maximum Gasteiger partial charge on any atom is 0.404 e. The number of primary amides is 1. The second-order valence-electron chi connectivity index (χ2n) is 7.21. The molecular weight excluding hydrogens is 342 g/mol. The van der Waals surface area contributed by atoms with Gasteiger partial charge in [-0.2, -0.15) is 0 Å². The Morgan fingerprint density at radius 2 is 1.96 bits per heavy atom. The Labute approximate surface area is 151 Å². The first-order valence-corrected chi connectivity index (χ1v) is 8.76. The molecule has 26 heavy (non-hydrogen) atoms. The van der Waals surface area contributed by atoms with E-state index in [2.05, 4.69) is 9.98 Å². The Balaban J connectivity index is 2.14. The maximum absolute atomic E-state index is 11.1. The lowest BCUT2D eigenvalue weighted by Crippen LogP contribution is -2.75. The molecule has 0 unspecified atom stereocenters. The lowest BCUT2D eigenvalue weighted by Gasteiger charge is -2.55. The van der Waals surface area contributed by atoms with Gasteiger partial charge < -0.3 is 42.8 Å². The number of carbonyl (C=O) groups is 1. The molecule has 3 aliphatic rings. The number of amides is 1. The van der Waals surface area contributed by atoms with E-state index in [0.717, 1.165) is 25.7 Å². The second kappa shape index (κ2) is 6.47. The van der Waals surface area contributed by atoms with E-state index >= 15 is 0 Å². The van der Waals surface area contributed by atoms with Crippen molar-refractivity contribution in [1.82, 2.24) is 4.90 Å². The minimum absolute atomic E-state index is 0.0829. The summed E-state index contributed by atoms with van der Waals surface area (Å²) in [6.07, 6.45) is 2.61. The summed E-state index contributed by atoms with van der Waals surface area (Å²) in [5.41, 5.74) is 21.3. The van der Waals surface area contributed by atoms with Gasteiger partial charge in [0.05, 0.1) is 0 Å². The van der Waals surface area contributed by atoms with Crippen LogP contribution >= 0.6 is 0 Å². The Kier molecular flexibility index (Phi) is 4.61. The van der Waals surface area contributed by atoms with Gasteiger partial charge in [0.2, 0.25) is 0 Å². The first kappa shape index (κ1) is 18.5. The second-order valence-corrected chi connectivity index (χ2v) is 7.21. The predicted molar refractivity (Wildman–Crippen MR) is 93.7 cm³/mol. The zero-order valence-electron chi connectivity index (χ0n) is 14.5. The summed E-state index contributed by atoms with van der Waals surface area (Å²) in [4.78, 5) is 21.4. The molecule has 11 nitrogen and oxygen atoms in total. The van der Waals surface area contributed by atoms with Crippen molar-refractivity contribution in [2.24, 2.45) is 38.8 Å². The molecule has 0 aromatic rings. The Hall–Kier alpha value is -2.27. The van der Waals surface area contributed by atoms with Gasteiger partial charge in [-0.3, -0.25) is 0 Å². The number of guanidine groups is 2. The van der Waals surface area contributed by atoms with Crippen LogP contribution < -0.4 is 22.9 Å². The number of aliphatic hydroxyl groups is 2. The molecule has 2 fully saturated rings. The number of rotatable bonds is 4. The SMILES string of the molecule is NC(=O)OC[C@@H]1N=C(N)N2CCC(O)(O)[C@]2(C2CCCC2)[C@H]1N=C(N)N. The molecule has 0 bridgehead atoms. The number of nitrogens with zero attached hydrogens (tertiary/aromatic N) is 3. The molecule has 11 heteroatoms. The quantitative estimate of drug-likeness (QED) is 0.181. The molecule has 3 rings (SSSR count). The van der Waals surface area contributed by atoms with Crippen LogP contribution in [-0.2, 0) is 4.74 Å². The van der Waals surface area contributed by atoms with E-state index in [-0.39, 0.29) is 30.9 Å². The normalized spacial score (nSPS) is 33.5. The van der Waals surface area contributed by atoms with Crippen LogP contribution in [0.15, 0.2) is 9.98 Å². The van der Waals surface area contributed by atoms with Gasteiger partial charge in [0.25, 0.3) is 0 Å². The largest absolute Gasteiger partial charge is 0.447 e. The summed E-state index contributed by atoms with van der Waals surface area (Å²) < 4.78 is 4.91. The molecule has 1 saturated carbocycles. The number of ether oxygens (including phenoxy) is 1. The van der Waals surface area contributed by atoms with Crippen LogP contribution in [0.5, 0.6) is 0 Å². The Bertz CT molecular complexity index is 627. The lowest BCUT2D eigenvalue weighted by molar-refractivity contribution is -0.234. The summed E-state index contributed by atoms with van der Waals surface area (Å²) in [7, 11) is 0. The van der Waals surface area contributed by atoms with Crippen LogP contribution in [0.1, 0.15) is 32.1 Å². The van der Waals surface area contributed by atoms with Crippen LogP contribution in [0.4, 0.5) is 4.79 Å². The van der Waals surface area contributed by atoms with E-state index in [1.165, 1.54) is 0 Å².